The van der Waals surface area contributed by atoms with Gasteiger partial charge in [0.2, 0.25) is 5.91 Å². The quantitative estimate of drug-likeness (QED) is 0.152. The smallest absolute Gasteiger partial charge is 0.414 e. The maximum atomic E-state index is 13.4. The van der Waals surface area contributed by atoms with Crippen molar-refractivity contribution in [3.05, 3.63) is 71.8 Å². The van der Waals surface area contributed by atoms with Crippen LogP contribution >= 0.6 is 0 Å². The van der Waals surface area contributed by atoms with Gasteiger partial charge >= 0.3 is 6.09 Å². The highest BCUT2D eigenvalue weighted by atomic mass is 16.6. The molecule has 0 bridgehead atoms. The van der Waals surface area contributed by atoms with Gasteiger partial charge in [-0.05, 0) is 69.9 Å². The SMILES string of the molecule is C=CCOCN(C(=O)CCCC)c1cccc(N(CCC)C(=O)OC(C)(C)Cc2ccc(C)cc2C)c1. The zero-order valence-electron chi connectivity index (χ0n) is 23.5. The number of benzene rings is 2. The first kappa shape index (κ1) is 30.1. The van der Waals surface area contributed by atoms with E-state index < -0.39 is 11.7 Å². The molecule has 6 nitrogen and oxygen atoms in total. The molecule has 0 aliphatic heterocycles. The Balaban J connectivity index is 2.27. The molecule has 0 heterocycles. The highest BCUT2D eigenvalue weighted by Crippen LogP contribution is 2.27. The van der Waals surface area contributed by atoms with E-state index in [1.807, 2.05) is 45.0 Å². The summed E-state index contributed by atoms with van der Waals surface area (Å²) in [5.41, 5.74) is 4.24. The Morgan fingerprint density at radius 1 is 1.00 bits per heavy atom. The predicted molar refractivity (Wildman–Crippen MR) is 152 cm³/mol. The van der Waals surface area contributed by atoms with Crippen LogP contribution in [0.2, 0.25) is 0 Å². The van der Waals surface area contributed by atoms with Gasteiger partial charge in [0.1, 0.15) is 12.3 Å². The van der Waals surface area contributed by atoms with Crippen LogP contribution in [0.3, 0.4) is 0 Å². The summed E-state index contributed by atoms with van der Waals surface area (Å²) in [5.74, 6) is -0.0118. The monoisotopic (exact) mass is 508 g/mol. The van der Waals surface area contributed by atoms with Gasteiger partial charge in [0.15, 0.2) is 0 Å². The molecule has 0 aliphatic carbocycles. The molecule has 0 atom stereocenters. The van der Waals surface area contributed by atoms with Gasteiger partial charge in [0, 0.05) is 30.8 Å². The molecule has 2 aromatic rings. The lowest BCUT2D eigenvalue weighted by Gasteiger charge is -2.31. The van der Waals surface area contributed by atoms with Crippen LogP contribution in [-0.4, -0.2) is 37.5 Å². The number of rotatable bonds is 14. The van der Waals surface area contributed by atoms with Crippen molar-refractivity contribution in [3.63, 3.8) is 0 Å². The molecule has 2 amide bonds. The number of carbonyl (C=O) groups excluding carboxylic acids is 2. The molecule has 0 saturated heterocycles. The number of anilines is 2. The number of ether oxygens (including phenoxy) is 2. The number of hydrogen-bond donors (Lipinski definition) is 0. The normalized spacial score (nSPS) is 11.2. The molecular formula is C31H44N2O4. The Bertz CT molecular complexity index is 1050. The third-order valence-electron chi connectivity index (χ3n) is 6.10. The predicted octanol–water partition coefficient (Wildman–Crippen LogP) is 7.36. The van der Waals surface area contributed by atoms with E-state index in [4.69, 9.17) is 9.47 Å². The molecule has 0 radical (unpaired) electrons. The van der Waals surface area contributed by atoms with E-state index in [2.05, 4.69) is 45.5 Å². The second kappa shape index (κ2) is 14.6. The summed E-state index contributed by atoms with van der Waals surface area (Å²) in [7, 11) is 0. The van der Waals surface area contributed by atoms with Gasteiger partial charge in [0.05, 0.1) is 6.61 Å². The summed E-state index contributed by atoms with van der Waals surface area (Å²) in [6, 6.07) is 13.8. The van der Waals surface area contributed by atoms with Crippen molar-refractivity contribution in [2.45, 2.75) is 79.2 Å². The lowest BCUT2D eigenvalue weighted by atomic mass is 9.94. The molecule has 2 aromatic carbocycles. The van der Waals surface area contributed by atoms with Gasteiger partial charge in [-0.15, -0.1) is 6.58 Å². The van der Waals surface area contributed by atoms with Crippen molar-refractivity contribution < 1.29 is 19.1 Å². The van der Waals surface area contributed by atoms with Crippen LogP contribution < -0.4 is 9.80 Å². The van der Waals surface area contributed by atoms with E-state index in [0.29, 0.717) is 37.4 Å². The maximum Gasteiger partial charge on any atom is 0.414 e. The van der Waals surface area contributed by atoms with Gasteiger partial charge in [-0.25, -0.2) is 4.79 Å². The molecule has 0 aliphatic rings. The number of nitrogens with zero attached hydrogens (tertiary/aromatic N) is 2. The van der Waals surface area contributed by atoms with E-state index in [0.717, 1.165) is 24.8 Å². The molecule has 37 heavy (non-hydrogen) atoms. The van der Waals surface area contributed by atoms with Crippen LogP contribution in [0.4, 0.5) is 16.2 Å². The fourth-order valence-corrected chi connectivity index (χ4v) is 4.19. The topological polar surface area (TPSA) is 59.1 Å². The van der Waals surface area contributed by atoms with Crippen LogP contribution in [0.1, 0.15) is 70.1 Å². The van der Waals surface area contributed by atoms with Crippen molar-refractivity contribution in [2.24, 2.45) is 0 Å². The summed E-state index contributed by atoms with van der Waals surface area (Å²) >= 11 is 0. The lowest BCUT2D eigenvalue weighted by molar-refractivity contribution is -0.119. The Morgan fingerprint density at radius 3 is 2.32 bits per heavy atom. The third kappa shape index (κ3) is 9.36. The second-order valence-corrected chi connectivity index (χ2v) is 10.1. The van der Waals surface area contributed by atoms with Gasteiger partial charge < -0.3 is 9.47 Å². The first-order chi connectivity index (χ1) is 17.6. The molecule has 0 N–H and O–H groups in total. The summed E-state index contributed by atoms with van der Waals surface area (Å²) in [6.07, 6.45) is 4.81. The van der Waals surface area contributed by atoms with Crippen LogP contribution in [0.25, 0.3) is 0 Å². The summed E-state index contributed by atoms with van der Waals surface area (Å²) < 4.78 is 11.7. The minimum absolute atomic E-state index is 0.0118. The van der Waals surface area contributed by atoms with Crippen molar-refractivity contribution in [3.8, 4) is 0 Å². The fourth-order valence-electron chi connectivity index (χ4n) is 4.19. The van der Waals surface area contributed by atoms with E-state index in [9.17, 15) is 9.59 Å². The molecule has 2 rings (SSSR count). The number of hydrogen-bond acceptors (Lipinski definition) is 4. The zero-order valence-corrected chi connectivity index (χ0v) is 23.5. The average molecular weight is 509 g/mol. The van der Waals surface area contributed by atoms with Crippen LogP contribution in [0, 0.1) is 13.8 Å². The lowest BCUT2D eigenvalue weighted by Crippen LogP contribution is -2.40. The summed E-state index contributed by atoms with van der Waals surface area (Å²) in [5, 5.41) is 0. The van der Waals surface area contributed by atoms with Gasteiger partial charge in [-0.2, -0.15) is 0 Å². The van der Waals surface area contributed by atoms with Crippen LogP contribution in [-0.2, 0) is 20.7 Å². The Hall–Kier alpha value is -3.12. The average Bonchev–Trinajstić information content (AvgIpc) is 2.85. The molecule has 202 valence electrons. The Kier molecular flexibility index (Phi) is 11.9. The first-order valence-corrected chi connectivity index (χ1v) is 13.3. The second-order valence-electron chi connectivity index (χ2n) is 10.1. The van der Waals surface area contributed by atoms with Crippen molar-refractivity contribution in [1.82, 2.24) is 0 Å². The Labute approximate surface area is 223 Å². The van der Waals surface area contributed by atoms with Crippen LogP contribution in [0.15, 0.2) is 55.1 Å². The molecule has 0 spiro atoms. The minimum atomic E-state index is -0.693. The maximum absolute atomic E-state index is 13.4. The highest BCUT2D eigenvalue weighted by Gasteiger charge is 2.28. The van der Waals surface area contributed by atoms with Crippen molar-refractivity contribution >= 4 is 23.4 Å². The number of carbonyl (C=O) groups is 2. The molecule has 0 unspecified atom stereocenters. The number of amides is 2. The number of aryl methyl sites for hydroxylation is 2. The van der Waals surface area contributed by atoms with E-state index in [1.54, 1.807) is 15.9 Å². The molecular weight excluding hydrogens is 464 g/mol. The summed E-state index contributed by atoms with van der Waals surface area (Å²) in [4.78, 5) is 29.7. The van der Waals surface area contributed by atoms with Gasteiger partial charge in [0.25, 0.3) is 0 Å². The third-order valence-corrected chi connectivity index (χ3v) is 6.10. The molecule has 6 heteroatoms. The van der Waals surface area contributed by atoms with Gasteiger partial charge in [-0.1, -0.05) is 56.2 Å². The van der Waals surface area contributed by atoms with Crippen molar-refractivity contribution in [1.29, 1.82) is 0 Å². The number of unbranched alkanes of at least 4 members (excludes halogenated alkanes) is 1. The first-order valence-electron chi connectivity index (χ1n) is 13.3. The molecule has 0 aromatic heterocycles. The molecule has 0 fully saturated rings. The van der Waals surface area contributed by atoms with E-state index >= 15 is 0 Å². The van der Waals surface area contributed by atoms with E-state index in [-0.39, 0.29) is 12.6 Å². The standard InChI is InChI=1S/C31H44N2O4/c1-8-11-15-29(34)33(23-36-19-10-3)28-14-12-13-27(21-28)32(18-9-2)30(35)37-31(6,7)22-26-17-16-24(4)20-25(26)5/h10,12-14,16-17,20-21H,3,8-9,11,15,18-19,22-23H2,1-2,4-7H3. The van der Waals surface area contributed by atoms with Crippen molar-refractivity contribution in [2.75, 3.05) is 29.7 Å². The Morgan fingerprint density at radius 2 is 1.70 bits per heavy atom. The fraction of sp³-hybridized carbons (Fsp3) is 0.484. The van der Waals surface area contributed by atoms with E-state index in [1.165, 1.54) is 11.1 Å². The van der Waals surface area contributed by atoms with Crippen LogP contribution in [0.5, 0.6) is 0 Å². The zero-order chi connectivity index (χ0) is 27.4. The molecule has 0 saturated carbocycles. The largest absolute Gasteiger partial charge is 0.443 e. The summed E-state index contributed by atoms with van der Waals surface area (Å²) in [6.45, 7) is 16.8. The van der Waals surface area contributed by atoms with Gasteiger partial charge in [-0.3, -0.25) is 14.6 Å². The highest BCUT2D eigenvalue weighted by molar-refractivity contribution is 5.95. The minimum Gasteiger partial charge on any atom is -0.443 e.